The first kappa shape index (κ1) is 25.2. The van der Waals surface area contributed by atoms with E-state index in [1.54, 1.807) is 24.4 Å². The second kappa shape index (κ2) is 10.9. The van der Waals surface area contributed by atoms with E-state index >= 15 is 0 Å². The Morgan fingerprint density at radius 1 is 1.11 bits per heavy atom. The van der Waals surface area contributed by atoms with Crippen molar-refractivity contribution in [3.8, 4) is 11.3 Å². The minimum absolute atomic E-state index is 0.154. The van der Waals surface area contributed by atoms with Gasteiger partial charge in [0.2, 0.25) is 5.91 Å². The Bertz CT molecular complexity index is 1430. The summed E-state index contributed by atoms with van der Waals surface area (Å²) in [6, 6.07) is 19.6. The number of amides is 1. The lowest BCUT2D eigenvalue weighted by molar-refractivity contribution is -0.116. The zero-order valence-corrected chi connectivity index (χ0v) is 21.7. The average Bonchev–Trinajstić information content (AvgIpc) is 3.49. The number of anilines is 1. The lowest BCUT2D eigenvalue weighted by Gasteiger charge is -2.25. The van der Waals surface area contributed by atoms with Crippen LogP contribution in [0, 0.1) is 5.82 Å². The Morgan fingerprint density at radius 2 is 1.92 bits per heavy atom. The summed E-state index contributed by atoms with van der Waals surface area (Å²) in [5, 5.41) is 7.61. The van der Waals surface area contributed by atoms with Gasteiger partial charge in [-0.3, -0.25) is 9.78 Å². The lowest BCUT2D eigenvalue weighted by Crippen LogP contribution is -2.32. The fraction of sp³-hybridized carbons (Fsp3) is 0.148. The highest BCUT2D eigenvalue weighted by Crippen LogP contribution is 2.41. The zero-order valence-electron chi connectivity index (χ0n) is 19.3. The quantitative estimate of drug-likeness (QED) is 0.245. The van der Waals surface area contributed by atoms with Crippen molar-refractivity contribution < 1.29 is 13.6 Å². The summed E-state index contributed by atoms with van der Waals surface area (Å²) in [5.74, 6) is 0.640. The van der Waals surface area contributed by atoms with Crippen molar-refractivity contribution in [1.29, 1.82) is 0 Å². The van der Waals surface area contributed by atoms with Crippen molar-refractivity contribution in [2.24, 2.45) is 0 Å². The van der Waals surface area contributed by atoms with Crippen LogP contribution in [0.15, 0.2) is 83.4 Å². The van der Waals surface area contributed by atoms with E-state index in [0.717, 1.165) is 5.69 Å². The summed E-state index contributed by atoms with van der Waals surface area (Å²) < 4.78 is 19.5. The van der Waals surface area contributed by atoms with Crippen LogP contribution in [0.25, 0.3) is 11.3 Å². The topological polar surface area (TPSA) is 70.4 Å². The molecule has 2 aromatic carbocycles. The molecular weight excluding hydrogens is 534 g/mol. The standard InChI is InChI=1S/C27H21Cl2FN4O2S/c28-16-4-9-19(20(29)15-16)22-10-11-23(36-22)26-25(21-3-1-2-13-31-21)33-27(37)34(26)14-12-24(35)32-18-7-5-17(30)6-8-18/h1-11,13,15,25-26H,12,14H2,(H,32,35)(H,33,37)/t25-,26-/m1/s1. The number of hydrogen-bond donors (Lipinski definition) is 2. The Labute approximate surface area is 228 Å². The van der Waals surface area contributed by atoms with E-state index in [4.69, 9.17) is 39.8 Å². The SMILES string of the molecule is O=C(CCN1C(=S)N[C@H](c2ccccn2)[C@H]1c1ccc(-c2ccc(Cl)cc2Cl)o1)Nc1ccc(F)cc1. The Balaban J connectivity index is 1.40. The van der Waals surface area contributed by atoms with Gasteiger partial charge in [-0.05, 0) is 78.9 Å². The molecule has 0 unspecified atom stereocenters. The van der Waals surface area contributed by atoms with Crippen LogP contribution < -0.4 is 10.6 Å². The Hall–Kier alpha value is -3.46. The summed E-state index contributed by atoms with van der Waals surface area (Å²) in [7, 11) is 0. The molecule has 1 fully saturated rings. The van der Waals surface area contributed by atoms with Crippen LogP contribution in [0.2, 0.25) is 10.0 Å². The van der Waals surface area contributed by atoms with Crippen LogP contribution in [0.3, 0.4) is 0 Å². The highest BCUT2D eigenvalue weighted by molar-refractivity contribution is 7.80. The molecule has 1 aliphatic heterocycles. The van der Waals surface area contributed by atoms with Crippen molar-refractivity contribution in [3.63, 3.8) is 0 Å². The highest BCUT2D eigenvalue weighted by Gasteiger charge is 2.41. The van der Waals surface area contributed by atoms with Crippen LogP contribution >= 0.6 is 35.4 Å². The van der Waals surface area contributed by atoms with Crippen LogP contribution in [0.1, 0.15) is 30.0 Å². The molecule has 4 aromatic rings. The maximum atomic E-state index is 13.2. The molecule has 1 amide bonds. The molecule has 3 heterocycles. The van der Waals surface area contributed by atoms with Crippen molar-refractivity contribution in [3.05, 3.63) is 106 Å². The van der Waals surface area contributed by atoms with Gasteiger partial charge in [-0.15, -0.1) is 0 Å². The zero-order chi connectivity index (χ0) is 25.9. The van der Waals surface area contributed by atoms with Gasteiger partial charge in [-0.25, -0.2) is 4.39 Å². The maximum Gasteiger partial charge on any atom is 0.226 e. The van der Waals surface area contributed by atoms with Crippen LogP contribution in [-0.4, -0.2) is 27.4 Å². The van der Waals surface area contributed by atoms with E-state index in [1.165, 1.54) is 24.3 Å². The van der Waals surface area contributed by atoms with Crippen molar-refractivity contribution in [2.45, 2.75) is 18.5 Å². The van der Waals surface area contributed by atoms with Crippen LogP contribution in [0.5, 0.6) is 0 Å². The number of carbonyl (C=O) groups is 1. The summed E-state index contributed by atoms with van der Waals surface area (Å²) in [6.07, 6.45) is 1.87. The van der Waals surface area contributed by atoms with Crippen LogP contribution in [0.4, 0.5) is 10.1 Å². The predicted octanol–water partition coefficient (Wildman–Crippen LogP) is 6.79. The predicted molar refractivity (Wildman–Crippen MR) is 146 cm³/mol. The van der Waals surface area contributed by atoms with Crippen LogP contribution in [-0.2, 0) is 4.79 Å². The summed E-state index contributed by atoms with van der Waals surface area (Å²) in [5.41, 5.74) is 2.02. The number of thiocarbonyl (C=S) groups is 1. The van der Waals surface area contributed by atoms with Gasteiger partial charge in [-0.1, -0.05) is 29.3 Å². The van der Waals surface area contributed by atoms with E-state index in [9.17, 15) is 9.18 Å². The molecule has 0 radical (unpaired) electrons. The summed E-state index contributed by atoms with van der Waals surface area (Å²) in [4.78, 5) is 19.1. The molecule has 2 atom stereocenters. The van der Waals surface area contributed by atoms with Gasteiger partial charge in [-0.2, -0.15) is 0 Å². The first-order valence-corrected chi connectivity index (χ1v) is 12.6. The normalized spacial score (nSPS) is 17.1. The van der Waals surface area contributed by atoms with Gasteiger partial charge in [0.1, 0.15) is 23.4 Å². The van der Waals surface area contributed by atoms with E-state index in [1.807, 2.05) is 35.2 Å². The molecule has 1 aliphatic rings. The third-order valence-corrected chi connectivity index (χ3v) is 6.92. The second-order valence-electron chi connectivity index (χ2n) is 8.45. The number of halogens is 3. The molecule has 5 rings (SSSR count). The summed E-state index contributed by atoms with van der Waals surface area (Å²) in [6.45, 7) is 0.324. The maximum absolute atomic E-state index is 13.2. The molecule has 2 N–H and O–H groups in total. The van der Waals surface area contributed by atoms with Gasteiger partial charge < -0.3 is 20.0 Å². The number of nitrogens with one attached hydrogen (secondary N) is 2. The van der Waals surface area contributed by atoms with Crippen molar-refractivity contribution in [1.82, 2.24) is 15.2 Å². The molecule has 188 valence electrons. The first-order valence-electron chi connectivity index (χ1n) is 11.5. The molecule has 6 nitrogen and oxygen atoms in total. The third-order valence-electron chi connectivity index (χ3n) is 6.02. The largest absolute Gasteiger partial charge is 0.459 e. The number of hydrogen-bond acceptors (Lipinski definition) is 4. The molecule has 37 heavy (non-hydrogen) atoms. The minimum atomic E-state index is -0.368. The number of furan rings is 1. The van der Waals surface area contributed by atoms with E-state index < -0.39 is 0 Å². The molecule has 0 spiro atoms. The number of aromatic nitrogens is 1. The number of benzene rings is 2. The molecule has 0 bridgehead atoms. The van der Waals surface area contributed by atoms with Gasteiger partial charge in [0.15, 0.2) is 5.11 Å². The molecule has 10 heteroatoms. The number of carbonyl (C=O) groups excluding carboxylic acids is 1. The lowest BCUT2D eigenvalue weighted by atomic mass is 10.0. The fourth-order valence-electron chi connectivity index (χ4n) is 4.28. The van der Waals surface area contributed by atoms with E-state index in [2.05, 4.69) is 15.6 Å². The number of rotatable bonds is 7. The molecule has 1 saturated heterocycles. The molecule has 2 aromatic heterocycles. The Morgan fingerprint density at radius 3 is 2.65 bits per heavy atom. The van der Waals surface area contributed by atoms with E-state index in [0.29, 0.717) is 44.5 Å². The van der Waals surface area contributed by atoms with Gasteiger partial charge >= 0.3 is 0 Å². The molecule has 0 aliphatic carbocycles. The van der Waals surface area contributed by atoms with Gasteiger partial charge in [0, 0.05) is 35.4 Å². The van der Waals surface area contributed by atoms with Gasteiger partial charge in [0.05, 0.1) is 16.8 Å². The first-order chi connectivity index (χ1) is 17.9. The van der Waals surface area contributed by atoms with E-state index in [-0.39, 0.29) is 30.2 Å². The van der Waals surface area contributed by atoms with Crippen molar-refractivity contribution >= 4 is 52.1 Å². The number of pyridine rings is 1. The highest BCUT2D eigenvalue weighted by atomic mass is 35.5. The Kier molecular flexibility index (Phi) is 7.41. The van der Waals surface area contributed by atoms with Crippen molar-refractivity contribution in [2.75, 3.05) is 11.9 Å². The minimum Gasteiger partial charge on any atom is -0.459 e. The smallest absolute Gasteiger partial charge is 0.226 e. The molecular formula is C27H21Cl2FN4O2S. The third kappa shape index (κ3) is 5.61. The second-order valence-corrected chi connectivity index (χ2v) is 9.68. The molecule has 0 saturated carbocycles. The monoisotopic (exact) mass is 554 g/mol. The average molecular weight is 555 g/mol. The number of nitrogens with zero attached hydrogens (tertiary/aromatic N) is 2. The fourth-order valence-corrected chi connectivity index (χ4v) is 5.11. The van der Waals surface area contributed by atoms with Gasteiger partial charge in [0.25, 0.3) is 0 Å². The summed E-state index contributed by atoms with van der Waals surface area (Å²) >= 11 is 18.1.